The zero-order valence-corrected chi connectivity index (χ0v) is 11.2. The van der Waals surface area contributed by atoms with Crippen molar-refractivity contribution in [2.75, 3.05) is 5.73 Å². The monoisotopic (exact) mass is 278 g/mol. The third-order valence-electron chi connectivity index (χ3n) is 2.49. The smallest absolute Gasteiger partial charge is 0.264 e. The Kier molecular flexibility index (Phi) is 3.46. The molecule has 1 unspecified atom stereocenters. The van der Waals surface area contributed by atoms with E-state index in [1.54, 1.807) is 19.1 Å². The minimum absolute atomic E-state index is 0.254. The lowest BCUT2D eigenvalue weighted by molar-refractivity contribution is 0.0953. The van der Waals surface area contributed by atoms with E-state index in [0.717, 1.165) is 10.1 Å². The molecule has 0 aliphatic heterocycles. The number of rotatable bonds is 2. The summed E-state index contributed by atoms with van der Waals surface area (Å²) < 4.78 is 0.888. The van der Waals surface area contributed by atoms with Crippen LogP contribution in [0.1, 0.15) is 16.6 Å². The number of hydrogen-bond acceptors (Lipinski definition) is 3. The van der Waals surface area contributed by atoms with Gasteiger partial charge < -0.3 is 11.1 Å². The number of hydrogen-bond donors (Lipinski definition) is 2. The maximum Gasteiger partial charge on any atom is 0.264 e. The molecule has 0 radical (unpaired) electrons. The number of nitrogens with two attached hydrogens (primary N) is 1. The normalized spacial score (nSPS) is 12.1. The van der Waals surface area contributed by atoms with Crippen molar-refractivity contribution in [2.45, 2.75) is 13.0 Å². The van der Waals surface area contributed by atoms with Crippen LogP contribution in [0, 0.1) is 12.3 Å². The standard InChI is InChI=1S/C13H11ClN2OS/c1-3-7(2)16-13(17)12-11(15)9-5-4-8(14)6-10(9)18-12/h1,4-7H,15H2,2H3,(H,16,17). The van der Waals surface area contributed by atoms with Crippen LogP contribution in [0.3, 0.4) is 0 Å². The molecular formula is C13H11ClN2OS. The van der Waals surface area contributed by atoms with Crippen molar-refractivity contribution in [1.29, 1.82) is 0 Å². The first-order valence-electron chi connectivity index (χ1n) is 5.27. The summed E-state index contributed by atoms with van der Waals surface area (Å²) in [6, 6.07) is 5.02. The van der Waals surface area contributed by atoms with Crippen LogP contribution in [0.4, 0.5) is 5.69 Å². The topological polar surface area (TPSA) is 55.1 Å². The van der Waals surface area contributed by atoms with Crippen molar-refractivity contribution in [2.24, 2.45) is 0 Å². The zero-order valence-electron chi connectivity index (χ0n) is 9.66. The highest BCUT2D eigenvalue weighted by Crippen LogP contribution is 2.35. The third-order valence-corrected chi connectivity index (χ3v) is 3.90. The van der Waals surface area contributed by atoms with Gasteiger partial charge in [0.25, 0.3) is 5.91 Å². The fraction of sp³-hybridized carbons (Fsp3) is 0.154. The predicted molar refractivity (Wildman–Crippen MR) is 77.0 cm³/mol. The van der Waals surface area contributed by atoms with E-state index < -0.39 is 0 Å². The number of anilines is 1. The number of fused-ring (bicyclic) bond motifs is 1. The molecule has 1 heterocycles. The molecule has 1 atom stereocenters. The number of halogens is 1. The van der Waals surface area contributed by atoms with Crippen molar-refractivity contribution in [1.82, 2.24) is 5.32 Å². The Balaban J connectivity index is 2.43. The lowest BCUT2D eigenvalue weighted by Crippen LogP contribution is -2.31. The molecule has 0 bridgehead atoms. The van der Waals surface area contributed by atoms with Gasteiger partial charge in [0.2, 0.25) is 0 Å². The number of thiophene rings is 1. The van der Waals surface area contributed by atoms with Crippen LogP contribution >= 0.6 is 22.9 Å². The molecule has 5 heteroatoms. The fourth-order valence-corrected chi connectivity index (χ4v) is 2.86. The lowest BCUT2D eigenvalue weighted by atomic mass is 10.2. The van der Waals surface area contributed by atoms with Gasteiger partial charge in [0.05, 0.1) is 11.7 Å². The van der Waals surface area contributed by atoms with E-state index in [1.165, 1.54) is 11.3 Å². The van der Waals surface area contributed by atoms with E-state index in [0.29, 0.717) is 15.6 Å². The van der Waals surface area contributed by atoms with Crippen LogP contribution in [-0.4, -0.2) is 11.9 Å². The number of nitrogen functional groups attached to an aromatic ring is 1. The van der Waals surface area contributed by atoms with Gasteiger partial charge in [-0.2, -0.15) is 0 Å². The summed E-state index contributed by atoms with van der Waals surface area (Å²) in [5, 5.41) is 4.14. The largest absolute Gasteiger partial charge is 0.397 e. The van der Waals surface area contributed by atoms with Crippen molar-refractivity contribution in [3.8, 4) is 12.3 Å². The molecule has 2 aromatic rings. The predicted octanol–water partition coefficient (Wildman–Crippen LogP) is 2.89. The first kappa shape index (κ1) is 12.7. The molecule has 3 nitrogen and oxygen atoms in total. The molecule has 1 aromatic carbocycles. The summed E-state index contributed by atoms with van der Waals surface area (Å²) in [6.07, 6.45) is 5.22. The number of amides is 1. The average molecular weight is 279 g/mol. The third kappa shape index (κ3) is 2.28. The molecule has 3 N–H and O–H groups in total. The van der Waals surface area contributed by atoms with Crippen LogP contribution in [0.15, 0.2) is 18.2 Å². The van der Waals surface area contributed by atoms with Gasteiger partial charge in [-0.1, -0.05) is 17.5 Å². The van der Waals surface area contributed by atoms with Crippen LogP contribution in [-0.2, 0) is 0 Å². The quantitative estimate of drug-likeness (QED) is 0.830. The first-order valence-corrected chi connectivity index (χ1v) is 6.47. The summed E-state index contributed by atoms with van der Waals surface area (Å²) in [5.41, 5.74) is 6.43. The number of terminal acetylenes is 1. The maximum atomic E-state index is 12.0. The summed E-state index contributed by atoms with van der Waals surface area (Å²) in [5.74, 6) is 2.18. The van der Waals surface area contributed by atoms with Crippen LogP contribution in [0.25, 0.3) is 10.1 Å². The van der Waals surface area contributed by atoms with Gasteiger partial charge in [-0.15, -0.1) is 17.8 Å². The van der Waals surface area contributed by atoms with Gasteiger partial charge >= 0.3 is 0 Å². The Morgan fingerprint density at radius 1 is 1.61 bits per heavy atom. The summed E-state index contributed by atoms with van der Waals surface area (Å²) in [7, 11) is 0. The highest BCUT2D eigenvalue weighted by molar-refractivity contribution is 7.21. The number of benzene rings is 1. The minimum atomic E-state index is -0.328. The molecule has 1 aromatic heterocycles. The van der Waals surface area contributed by atoms with E-state index >= 15 is 0 Å². The molecule has 0 spiro atoms. The molecule has 92 valence electrons. The van der Waals surface area contributed by atoms with Gasteiger partial charge in [0, 0.05) is 15.1 Å². The molecular weight excluding hydrogens is 268 g/mol. The van der Waals surface area contributed by atoms with E-state index in [2.05, 4.69) is 11.2 Å². The zero-order chi connectivity index (χ0) is 13.3. The molecule has 0 aliphatic carbocycles. The second-order valence-corrected chi connectivity index (χ2v) is 5.34. The Hall–Kier alpha value is -1.70. The molecule has 1 amide bonds. The Labute approximate surface area is 114 Å². The minimum Gasteiger partial charge on any atom is -0.397 e. The Morgan fingerprint density at radius 2 is 2.33 bits per heavy atom. The SMILES string of the molecule is C#CC(C)NC(=O)c1sc2cc(Cl)ccc2c1N. The van der Waals surface area contributed by atoms with Crippen molar-refractivity contribution >= 4 is 44.6 Å². The molecule has 2 rings (SSSR count). The maximum absolute atomic E-state index is 12.0. The Morgan fingerprint density at radius 3 is 3.00 bits per heavy atom. The number of nitrogens with one attached hydrogen (secondary N) is 1. The van der Waals surface area contributed by atoms with Gasteiger partial charge in [-0.25, -0.2) is 0 Å². The Bertz CT molecular complexity index is 657. The van der Waals surface area contributed by atoms with Crippen molar-refractivity contribution in [3.63, 3.8) is 0 Å². The van der Waals surface area contributed by atoms with Crippen LogP contribution in [0.5, 0.6) is 0 Å². The molecule has 0 fully saturated rings. The summed E-state index contributed by atoms with van der Waals surface area (Å²) in [6.45, 7) is 1.73. The van der Waals surface area contributed by atoms with E-state index in [-0.39, 0.29) is 11.9 Å². The average Bonchev–Trinajstić information content (AvgIpc) is 2.66. The van der Waals surface area contributed by atoms with E-state index in [9.17, 15) is 4.79 Å². The number of carbonyl (C=O) groups excluding carboxylic acids is 1. The second kappa shape index (κ2) is 4.89. The summed E-state index contributed by atoms with van der Waals surface area (Å²) >= 11 is 7.21. The highest BCUT2D eigenvalue weighted by atomic mass is 35.5. The molecule has 0 saturated carbocycles. The molecule has 0 aliphatic rings. The van der Waals surface area contributed by atoms with Crippen molar-refractivity contribution < 1.29 is 4.79 Å². The van der Waals surface area contributed by atoms with Gasteiger partial charge in [0.15, 0.2) is 0 Å². The van der Waals surface area contributed by atoms with Gasteiger partial charge in [0.1, 0.15) is 4.88 Å². The summed E-state index contributed by atoms with van der Waals surface area (Å²) in [4.78, 5) is 12.4. The lowest BCUT2D eigenvalue weighted by Gasteiger charge is -2.06. The molecule has 0 saturated heterocycles. The molecule has 18 heavy (non-hydrogen) atoms. The second-order valence-electron chi connectivity index (χ2n) is 3.85. The van der Waals surface area contributed by atoms with Gasteiger partial charge in [-0.05, 0) is 25.1 Å². The fourth-order valence-electron chi connectivity index (χ4n) is 1.56. The van der Waals surface area contributed by atoms with Crippen LogP contribution in [0.2, 0.25) is 5.02 Å². The van der Waals surface area contributed by atoms with Crippen LogP contribution < -0.4 is 11.1 Å². The van der Waals surface area contributed by atoms with Gasteiger partial charge in [-0.3, -0.25) is 4.79 Å². The van der Waals surface area contributed by atoms with E-state index in [1.807, 2.05) is 6.07 Å². The first-order chi connectivity index (χ1) is 8.52. The van der Waals surface area contributed by atoms with Crippen molar-refractivity contribution in [3.05, 3.63) is 28.1 Å². The highest BCUT2D eigenvalue weighted by Gasteiger charge is 2.17. The van der Waals surface area contributed by atoms with E-state index in [4.69, 9.17) is 23.8 Å². The number of carbonyl (C=O) groups is 1.